The second-order valence-electron chi connectivity index (χ2n) is 6.88. The van der Waals surface area contributed by atoms with Crippen LogP contribution in [-0.2, 0) is 5.41 Å². The molecule has 0 aliphatic heterocycles. The van der Waals surface area contributed by atoms with Gasteiger partial charge in [0.25, 0.3) is 0 Å². The van der Waals surface area contributed by atoms with Crippen LogP contribution in [0.25, 0.3) is 0 Å². The lowest BCUT2D eigenvalue weighted by molar-refractivity contribution is 0.0439. The van der Waals surface area contributed by atoms with E-state index >= 15 is 0 Å². The fraction of sp³-hybridized carbons (Fsp3) is 0.625. The van der Waals surface area contributed by atoms with Crippen molar-refractivity contribution in [3.63, 3.8) is 0 Å². The highest BCUT2D eigenvalue weighted by molar-refractivity contribution is 6.30. The summed E-state index contributed by atoms with van der Waals surface area (Å²) in [6.45, 7) is 7.58. The van der Waals surface area contributed by atoms with Gasteiger partial charge in [0.2, 0.25) is 0 Å². The topological polar surface area (TPSA) is 12.0 Å². The molecule has 1 fully saturated rings. The average molecular weight is 284 g/mol. The van der Waals surface area contributed by atoms with Crippen molar-refractivity contribution >= 4 is 11.6 Å². The van der Waals surface area contributed by atoms with Crippen molar-refractivity contribution in [1.29, 1.82) is 0 Å². The predicted octanol–water partition coefficient (Wildman–Crippen LogP) is 4.39. The molecule has 1 aromatic carbocycles. The molecule has 0 saturated heterocycles. The molecule has 1 aromatic rings. The van der Waals surface area contributed by atoms with Crippen LogP contribution >= 0.6 is 11.6 Å². The van der Waals surface area contributed by atoms with E-state index in [-0.39, 0.29) is 21.7 Å². The fourth-order valence-electron chi connectivity index (χ4n) is 3.21. The highest BCUT2D eigenvalue weighted by Crippen LogP contribution is 2.54. The summed E-state index contributed by atoms with van der Waals surface area (Å²) in [4.78, 5) is 0. The van der Waals surface area contributed by atoms with Crippen LogP contribution < -0.4 is 5.32 Å². The van der Waals surface area contributed by atoms with Gasteiger partial charge in [0, 0.05) is 12.0 Å². The number of benzene rings is 1. The SMILES string of the molecule is CNCC1(c2cccc(Cl)c2F)CC(C(C)(C)C)C1. The Morgan fingerprint density at radius 3 is 2.53 bits per heavy atom. The minimum atomic E-state index is -0.244. The first kappa shape index (κ1) is 14.8. The second kappa shape index (κ2) is 5.06. The average Bonchev–Trinajstić information content (AvgIpc) is 2.25. The molecular weight excluding hydrogens is 261 g/mol. The van der Waals surface area contributed by atoms with Crippen LogP contribution in [0, 0.1) is 17.2 Å². The largest absolute Gasteiger partial charge is 0.319 e. The molecule has 0 radical (unpaired) electrons. The Bertz CT molecular complexity index is 458. The van der Waals surface area contributed by atoms with Crippen LogP contribution in [0.1, 0.15) is 39.2 Å². The highest BCUT2D eigenvalue weighted by Gasteiger charge is 2.50. The van der Waals surface area contributed by atoms with Crippen LogP contribution in [0.5, 0.6) is 0 Å². The Balaban J connectivity index is 2.31. The molecular formula is C16H23ClFN. The van der Waals surface area contributed by atoms with Gasteiger partial charge in [0.05, 0.1) is 5.02 Å². The number of hydrogen-bond acceptors (Lipinski definition) is 1. The van der Waals surface area contributed by atoms with Gasteiger partial charge in [-0.15, -0.1) is 0 Å². The molecule has 0 unspecified atom stereocenters. The van der Waals surface area contributed by atoms with Crippen molar-refractivity contribution in [1.82, 2.24) is 5.32 Å². The number of rotatable bonds is 3. The molecule has 0 heterocycles. The maximum atomic E-state index is 14.3. The zero-order valence-electron chi connectivity index (χ0n) is 12.2. The maximum Gasteiger partial charge on any atom is 0.145 e. The Morgan fingerprint density at radius 1 is 1.37 bits per heavy atom. The van der Waals surface area contributed by atoms with Crippen molar-refractivity contribution in [3.8, 4) is 0 Å². The molecule has 106 valence electrons. The van der Waals surface area contributed by atoms with Crippen LogP contribution in [-0.4, -0.2) is 13.6 Å². The van der Waals surface area contributed by atoms with E-state index in [0.717, 1.165) is 24.9 Å². The lowest BCUT2D eigenvalue weighted by atomic mass is 9.52. The molecule has 0 bridgehead atoms. The minimum absolute atomic E-state index is 0.0956. The molecule has 1 aliphatic rings. The van der Waals surface area contributed by atoms with Gasteiger partial charge in [-0.05, 0) is 42.9 Å². The summed E-state index contributed by atoms with van der Waals surface area (Å²) in [7, 11) is 1.93. The van der Waals surface area contributed by atoms with Gasteiger partial charge >= 0.3 is 0 Å². The van der Waals surface area contributed by atoms with Gasteiger partial charge in [-0.2, -0.15) is 0 Å². The molecule has 0 atom stereocenters. The van der Waals surface area contributed by atoms with Crippen LogP contribution in [0.15, 0.2) is 18.2 Å². The summed E-state index contributed by atoms with van der Waals surface area (Å²) in [5.41, 5.74) is 0.961. The quantitative estimate of drug-likeness (QED) is 0.867. The highest BCUT2D eigenvalue weighted by atomic mass is 35.5. The number of nitrogens with one attached hydrogen (secondary N) is 1. The van der Waals surface area contributed by atoms with E-state index in [2.05, 4.69) is 26.1 Å². The summed E-state index contributed by atoms with van der Waals surface area (Å²) in [5.74, 6) is 0.394. The van der Waals surface area contributed by atoms with E-state index in [0.29, 0.717) is 5.92 Å². The Kier molecular flexibility index (Phi) is 3.95. The Morgan fingerprint density at radius 2 is 2.00 bits per heavy atom. The van der Waals surface area contributed by atoms with Crippen molar-refractivity contribution < 1.29 is 4.39 Å². The minimum Gasteiger partial charge on any atom is -0.319 e. The lowest BCUT2D eigenvalue weighted by Gasteiger charge is -2.53. The van der Waals surface area contributed by atoms with E-state index in [9.17, 15) is 4.39 Å². The third-order valence-electron chi connectivity index (χ3n) is 4.54. The molecule has 0 spiro atoms. The Hall–Kier alpha value is -0.600. The normalized spacial score (nSPS) is 27.2. The van der Waals surface area contributed by atoms with Gasteiger partial charge in [0.1, 0.15) is 5.82 Å². The number of halogens is 2. The molecule has 1 aliphatic carbocycles. The molecule has 2 rings (SSSR count). The maximum absolute atomic E-state index is 14.3. The van der Waals surface area contributed by atoms with Gasteiger partial charge in [-0.1, -0.05) is 44.5 Å². The van der Waals surface area contributed by atoms with Crippen molar-refractivity contribution in [2.24, 2.45) is 11.3 Å². The molecule has 1 saturated carbocycles. The summed E-state index contributed by atoms with van der Waals surface area (Å²) < 4.78 is 14.3. The predicted molar refractivity (Wildman–Crippen MR) is 79.2 cm³/mol. The van der Waals surface area contributed by atoms with E-state index in [1.54, 1.807) is 6.07 Å². The van der Waals surface area contributed by atoms with Crippen LogP contribution in [0.4, 0.5) is 4.39 Å². The van der Waals surface area contributed by atoms with Crippen LogP contribution in [0.3, 0.4) is 0 Å². The van der Waals surface area contributed by atoms with Gasteiger partial charge in [-0.25, -0.2) is 4.39 Å². The molecule has 19 heavy (non-hydrogen) atoms. The van der Waals surface area contributed by atoms with Crippen molar-refractivity contribution in [3.05, 3.63) is 34.6 Å². The van der Waals surface area contributed by atoms with E-state index < -0.39 is 0 Å². The first-order valence-electron chi connectivity index (χ1n) is 6.89. The molecule has 0 aromatic heterocycles. The van der Waals surface area contributed by atoms with E-state index in [4.69, 9.17) is 11.6 Å². The summed E-state index contributed by atoms with van der Waals surface area (Å²) in [6.07, 6.45) is 2.04. The monoisotopic (exact) mass is 283 g/mol. The van der Waals surface area contributed by atoms with Crippen molar-refractivity contribution in [2.45, 2.75) is 39.0 Å². The summed E-state index contributed by atoms with van der Waals surface area (Å²) in [6, 6.07) is 5.35. The molecule has 3 heteroatoms. The second-order valence-corrected chi connectivity index (χ2v) is 7.29. The molecule has 0 amide bonds. The molecule has 1 nitrogen and oxygen atoms in total. The fourth-order valence-corrected chi connectivity index (χ4v) is 3.38. The lowest BCUT2D eigenvalue weighted by Crippen LogP contribution is -2.52. The first-order chi connectivity index (χ1) is 8.80. The summed E-state index contributed by atoms with van der Waals surface area (Å²) >= 11 is 5.93. The Labute approximate surface area is 120 Å². The number of likely N-dealkylation sites (N-methyl/N-ethyl adjacent to an activating group) is 1. The van der Waals surface area contributed by atoms with Crippen molar-refractivity contribution in [2.75, 3.05) is 13.6 Å². The van der Waals surface area contributed by atoms with Gasteiger partial charge in [-0.3, -0.25) is 0 Å². The standard InChI is InChI=1S/C16H23ClFN/c1-15(2,3)11-8-16(9-11,10-19-4)12-6-5-7-13(17)14(12)18/h5-7,11,19H,8-10H2,1-4H3. The van der Waals surface area contributed by atoms with Gasteiger partial charge in [0.15, 0.2) is 0 Å². The third kappa shape index (κ3) is 2.66. The summed E-state index contributed by atoms with van der Waals surface area (Å²) in [5, 5.41) is 3.45. The molecule has 1 N–H and O–H groups in total. The van der Waals surface area contributed by atoms with Crippen LogP contribution in [0.2, 0.25) is 5.02 Å². The van der Waals surface area contributed by atoms with E-state index in [1.165, 1.54) is 0 Å². The van der Waals surface area contributed by atoms with E-state index in [1.807, 2.05) is 19.2 Å². The first-order valence-corrected chi connectivity index (χ1v) is 7.27. The number of hydrogen-bond donors (Lipinski definition) is 1. The zero-order chi connectivity index (χ0) is 14.3. The third-order valence-corrected chi connectivity index (χ3v) is 4.83. The smallest absolute Gasteiger partial charge is 0.145 e. The zero-order valence-corrected chi connectivity index (χ0v) is 12.9. The van der Waals surface area contributed by atoms with Gasteiger partial charge < -0.3 is 5.32 Å².